The molecule has 2 N–H and O–H groups in total. The Morgan fingerprint density at radius 1 is 1.47 bits per heavy atom. The highest BCUT2D eigenvalue weighted by molar-refractivity contribution is 5.35. The van der Waals surface area contributed by atoms with Gasteiger partial charge in [-0.15, -0.1) is 0 Å². The lowest BCUT2D eigenvalue weighted by Crippen LogP contribution is -2.42. The molecule has 1 aliphatic rings. The minimum atomic E-state index is -0.727. The maximum atomic E-state index is 10.3. The van der Waals surface area contributed by atoms with Crippen LogP contribution in [0, 0.1) is 0 Å². The van der Waals surface area contributed by atoms with Crippen LogP contribution in [0.3, 0.4) is 0 Å². The van der Waals surface area contributed by atoms with Crippen molar-refractivity contribution in [3.05, 3.63) is 29.8 Å². The van der Waals surface area contributed by atoms with Crippen LogP contribution in [0.4, 0.5) is 0 Å². The minimum Gasteiger partial charge on any atom is -0.496 e. The van der Waals surface area contributed by atoms with Crippen molar-refractivity contribution < 1.29 is 14.6 Å². The van der Waals surface area contributed by atoms with Gasteiger partial charge in [-0.05, 0) is 12.5 Å². The van der Waals surface area contributed by atoms with Crippen molar-refractivity contribution in [2.24, 2.45) is 0 Å². The summed E-state index contributed by atoms with van der Waals surface area (Å²) in [5, 5.41) is 13.7. The van der Waals surface area contributed by atoms with Gasteiger partial charge in [0.25, 0.3) is 0 Å². The molecule has 0 amide bonds. The van der Waals surface area contributed by atoms with Crippen molar-refractivity contribution in [3.63, 3.8) is 0 Å². The lowest BCUT2D eigenvalue weighted by Gasteiger charge is -2.26. The summed E-state index contributed by atoms with van der Waals surface area (Å²) in [5.74, 6) is 0.886. The van der Waals surface area contributed by atoms with Gasteiger partial charge in [-0.3, -0.25) is 0 Å². The molecule has 1 fully saturated rings. The summed E-state index contributed by atoms with van der Waals surface area (Å²) in [6.45, 7) is 3.73. The molecule has 2 unspecified atom stereocenters. The van der Waals surface area contributed by atoms with Crippen LogP contribution in [-0.2, 0) is 4.74 Å². The molecule has 1 aromatic rings. The molecule has 0 spiro atoms. The molecule has 4 nitrogen and oxygen atoms in total. The number of benzene rings is 1. The number of para-hydroxylation sites is 1. The summed E-state index contributed by atoms with van der Waals surface area (Å²) in [6, 6.07) is 8.19. The van der Waals surface area contributed by atoms with Crippen LogP contribution in [0.2, 0.25) is 0 Å². The Hall–Kier alpha value is -1.10. The highest BCUT2D eigenvalue weighted by Crippen LogP contribution is 2.27. The summed E-state index contributed by atoms with van der Waals surface area (Å²) in [6.07, 6.45) is 1.64. The first-order chi connectivity index (χ1) is 9.18. The largest absolute Gasteiger partial charge is 0.496 e. The number of hydrogen-bond acceptors (Lipinski definition) is 4. The molecule has 0 aliphatic carbocycles. The summed E-state index contributed by atoms with van der Waals surface area (Å²) < 4.78 is 10.7. The van der Waals surface area contributed by atoms with Gasteiger partial charge in [0.15, 0.2) is 0 Å². The maximum absolute atomic E-state index is 10.3. The monoisotopic (exact) mass is 265 g/mol. The Kier molecular flexibility index (Phi) is 4.80. The van der Waals surface area contributed by atoms with Crippen LogP contribution in [0.1, 0.15) is 31.4 Å². The van der Waals surface area contributed by atoms with E-state index in [1.54, 1.807) is 7.11 Å². The zero-order valence-electron chi connectivity index (χ0n) is 11.7. The van der Waals surface area contributed by atoms with E-state index in [0.717, 1.165) is 17.7 Å². The average Bonchev–Trinajstić information content (AvgIpc) is 2.87. The van der Waals surface area contributed by atoms with Gasteiger partial charge < -0.3 is 19.9 Å². The molecule has 1 saturated heterocycles. The van der Waals surface area contributed by atoms with Gasteiger partial charge in [-0.2, -0.15) is 0 Å². The fraction of sp³-hybridized carbons (Fsp3) is 0.600. The highest BCUT2D eigenvalue weighted by Gasteiger charge is 2.32. The molecule has 19 heavy (non-hydrogen) atoms. The number of nitrogens with one attached hydrogen (secondary N) is 1. The number of methoxy groups -OCH3 is 1. The van der Waals surface area contributed by atoms with E-state index in [0.29, 0.717) is 26.2 Å². The second-order valence-electron chi connectivity index (χ2n) is 5.11. The van der Waals surface area contributed by atoms with Crippen molar-refractivity contribution in [1.82, 2.24) is 5.32 Å². The lowest BCUT2D eigenvalue weighted by atomic mass is 9.99. The molecule has 4 heteroatoms. The fourth-order valence-electron chi connectivity index (χ4n) is 2.48. The van der Waals surface area contributed by atoms with E-state index in [1.165, 1.54) is 0 Å². The summed E-state index contributed by atoms with van der Waals surface area (Å²) in [5.41, 5.74) is 0.408. The van der Waals surface area contributed by atoms with E-state index in [-0.39, 0.29) is 6.04 Å². The van der Waals surface area contributed by atoms with Crippen LogP contribution in [-0.4, -0.2) is 37.6 Å². The molecule has 1 aliphatic heterocycles. The predicted octanol–water partition coefficient (Wildman–Crippen LogP) is 1.89. The van der Waals surface area contributed by atoms with Gasteiger partial charge in [0.05, 0.1) is 13.7 Å². The number of hydrogen-bond donors (Lipinski definition) is 2. The molecule has 0 aromatic heterocycles. The van der Waals surface area contributed by atoms with Crippen molar-refractivity contribution in [1.29, 1.82) is 0 Å². The number of rotatable bonds is 6. The second-order valence-corrected chi connectivity index (χ2v) is 5.11. The van der Waals surface area contributed by atoms with Gasteiger partial charge >= 0.3 is 0 Å². The maximum Gasteiger partial charge on any atom is 0.123 e. The zero-order valence-corrected chi connectivity index (χ0v) is 11.7. The summed E-state index contributed by atoms with van der Waals surface area (Å²) >= 11 is 0. The van der Waals surface area contributed by atoms with Crippen molar-refractivity contribution in [2.45, 2.75) is 31.4 Å². The first kappa shape index (κ1) is 14.3. The fourth-order valence-corrected chi connectivity index (χ4v) is 2.48. The van der Waals surface area contributed by atoms with Crippen molar-refractivity contribution >= 4 is 0 Å². The summed E-state index contributed by atoms with van der Waals surface area (Å²) in [7, 11) is 1.68. The Morgan fingerprint density at radius 2 is 2.26 bits per heavy atom. The van der Waals surface area contributed by atoms with Crippen molar-refractivity contribution in [3.8, 4) is 5.75 Å². The van der Waals surface area contributed by atoms with E-state index in [4.69, 9.17) is 9.47 Å². The van der Waals surface area contributed by atoms with Crippen LogP contribution in [0.15, 0.2) is 24.3 Å². The normalized spacial score (nSPS) is 24.4. The lowest BCUT2D eigenvalue weighted by molar-refractivity contribution is 0.0246. The van der Waals surface area contributed by atoms with E-state index in [1.807, 2.05) is 18.2 Å². The third kappa shape index (κ3) is 3.47. The molecular formula is C15H23NO3. The van der Waals surface area contributed by atoms with Crippen LogP contribution in [0.25, 0.3) is 0 Å². The Labute approximate surface area is 114 Å². The van der Waals surface area contributed by atoms with Crippen LogP contribution < -0.4 is 10.1 Å². The van der Waals surface area contributed by atoms with Gasteiger partial charge in [0.2, 0.25) is 0 Å². The molecule has 106 valence electrons. The number of ether oxygens (including phenoxy) is 2. The molecule has 1 heterocycles. The smallest absolute Gasteiger partial charge is 0.123 e. The molecule has 2 atom stereocenters. The van der Waals surface area contributed by atoms with Crippen molar-refractivity contribution in [2.75, 3.05) is 26.9 Å². The SMILES string of the molecule is CCC(NCC1(O)CCOC1)c1ccccc1OC. The Balaban J connectivity index is 2.03. The Morgan fingerprint density at radius 3 is 2.89 bits per heavy atom. The highest BCUT2D eigenvalue weighted by atomic mass is 16.5. The van der Waals surface area contributed by atoms with E-state index in [9.17, 15) is 5.11 Å². The van der Waals surface area contributed by atoms with E-state index < -0.39 is 5.60 Å². The predicted molar refractivity (Wildman–Crippen MR) is 74.4 cm³/mol. The zero-order chi connectivity index (χ0) is 13.7. The van der Waals surface area contributed by atoms with E-state index in [2.05, 4.69) is 18.3 Å². The molecule has 2 rings (SSSR count). The summed E-state index contributed by atoms with van der Waals surface area (Å²) in [4.78, 5) is 0. The van der Waals surface area contributed by atoms with Gasteiger partial charge in [0, 0.05) is 31.2 Å². The molecule has 0 radical (unpaired) electrons. The third-order valence-corrected chi connectivity index (χ3v) is 3.68. The van der Waals surface area contributed by atoms with Gasteiger partial charge in [-0.25, -0.2) is 0 Å². The quantitative estimate of drug-likeness (QED) is 0.824. The molecule has 0 bridgehead atoms. The van der Waals surface area contributed by atoms with Gasteiger partial charge in [-0.1, -0.05) is 25.1 Å². The molecular weight excluding hydrogens is 242 g/mol. The third-order valence-electron chi connectivity index (χ3n) is 3.68. The van der Waals surface area contributed by atoms with Gasteiger partial charge in [0.1, 0.15) is 11.4 Å². The van der Waals surface area contributed by atoms with Crippen LogP contribution >= 0.6 is 0 Å². The standard InChI is InChI=1S/C15H23NO3/c1-3-13(12-6-4-5-7-14(12)18-2)16-10-15(17)8-9-19-11-15/h4-7,13,16-17H,3,8-11H2,1-2H3. The first-order valence-electron chi connectivity index (χ1n) is 6.85. The first-order valence-corrected chi connectivity index (χ1v) is 6.85. The average molecular weight is 265 g/mol. The molecule has 0 saturated carbocycles. The number of aliphatic hydroxyl groups is 1. The second kappa shape index (κ2) is 6.37. The van der Waals surface area contributed by atoms with E-state index >= 15 is 0 Å². The minimum absolute atomic E-state index is 0.181. The topological polar surface area (TPSA) is 50.7 Å². The van der Waals surface area contributed by atoms with Crippen LogP contribution in [0.5, 0.6) is 5.75 Å². The molecule has 1 aromatic carbocycles. The Bertz CT molecular complexity index is 402.